The largest absolute Gasteiger partial charge is 0.368 e. The fourth-order valence-corrected chi connectivity index (χ4v) is 5.08. The molecule has 4 rings (SSSR count). The van der Waals surface area contributed by atoms with Gasteiger partial charge in [-0.15, -0.1) is 0 Å². The van der Waals surface area contributed by atoms with Gasteiger partial charge in [-0.05, 0) is 30.9 Å². The zero-order valence-electron chi connectivity index (χ0n) is 14.1. The van der Waals surface area contributed by atoms with Crippen LogP contribution in [0.25, 0.3) is 10.9 Å². The number of fused-ring (bicyclic) bond motifs is 4. The molecule has 1 spiro atoms. The van der Waals surface area contributed by atoms with Crippen LogP contribution in [0.4, 0.5) is 0 Å². The number of nitrogens with one attached hydrogen (secondary N) is 1. The Hall–Kier alpha value is -1.41. The van der Waals surface area contributed by atoms with E-state index in [1.165, 1.54) is 15.3 Å². The Balaban J connectivity index is 1.68. The molecule has 7 heteroatoms. The van der Waals surface area contributed by atoms with Gasteiger partial charge in [0.05, 0.1) is 12.3 Å². The van der Waals surface area contributed by atoms with Gasteiger partial charge in [0.1, 0.15) is 5.60 Å². The lowest BCUT2D eigenvalue weighted by molar-refractivity contribution is -0.0918. The second-order valence-corrected chi connectivity index (χ2v) is 8.95. The van der Waals surface area contributed by atoms with Gasteiger partial charge < -0.3 is 9.72 Å². The van der Waals surface area contributed by atoms with Gasteiger partial charge in [0.2, 0.25) is 0 Å². The Morgan fingerprint density at radius 2 is 1.92 bits per heavy atom. The van der Waals surface area contributed by atoms with Crippen LogP contribution in [0, 0.1) is 0 Å². The highest BCUT2D eigenvalue weighted by atomic mass is 32.2. The van der Waals surface area contributed by atoms with Crippen LogP contribution in [0.1, 0.15) is 24.1 Å². The van der Waals surface area contributed by atoms with E-state index in [-0.39, 0.29) is 5.60 Å². The molecule has 24 heavy (non-hydrogen) atoms. The van der Waals surface area contributed by atoms with Gasteiger partial charge in [-0.1, -0.05) is 18.2 Å². The Morgan fingerprint density at radius 3 is 2.62 bits per heavy atom. The van der Waals surface area contributed by atoms with E-state index in [0.29, 0.717) is 32.5 Å². The third-order valence-corrected chi connectivity index (χ3v) is 7.26. The van der Waals surface area contributed by atoms with Gasteiger partial charge in [0.15, 0.2) is 0 Å². The molecule has 3 heterocycles. The second kappa shape index (κ2) is 5.56. The highest BCUT2D eigenvalue weighted by molar-refractivity contribution is 7.86. The Bertz CT molecular complexity index is 864. The molecule has 2 aromatic rings. The topological polar surface area (TPSA) is 65.6 Å². The lowest BCUT2D eigenvalue weighted by Crippen LogP contribution is -2.50. The summed E-state index contributed by atoms with van der Waals surface area (Å²) in [4.78, 5) is 3.55. The van der Waals surface area contributed by atoms with Crippen molar-refractivity contribution in [1.82, 2.24) is 13.6 Å². The van der Waals surface area contributed by atoms with Crippen molar-refractivity contribution in [2.75, 3.05) is 33.8 Å². The van der Waals surface area contributed by atoms with Gasteiger partial charge in [-0.2, -0.15) is 17.0 Å². The van der Waals surface area contributed by atoms with Crippen molar-refractivity contribution in [2.24, 2.45) is 0 Å². The fraction of sp³-hybridized carbons (Fsp3) is 0.529. The molecule has 0 aliphatic carbocycles. The van der Waals surface area contributed by atoms with Crippen molar-refractivity contribution in [3.8, 4) is 0 Å². The highest BCUT2D eigenvalue weighted by Gasteiger charge is 2.44. The molecular weight excluding hydrogens is 326 g/mol. The minimum absolute atomic E-state index is 0.384. The van der Waals surface area contributed by atoms with Gasteiger partial charge in [-0.3, -0.25) is 0 Å². The third kappa shape index (κ3) is 2.30. The summed E-state index contributed by atoms with van der Waals surface area (Å²) >= 11 is 0. The predicted molar refractivity (Wildman–Crippen MR) is 93.0 cm³/mol. The first-order valence-electron chi connectivity index (χ1n) is 8.36. The van der Waals surface area contributed by atoms with E-state index in [4.69, 9.17) is 4.74 Å². The Morgan fingerprint density at radius 1 is 1.21 bits per heavy atom. The van der Waals surface area contributed by atoms with Crippen LogP contribution >= 0.6 is 0 Å². The molecule has 1 saturated heterocycles. The molecule has 0 radical (unpaired) electrons. The first kappa shape index (κ1) is 16.1. The van der Waals surface area contributed by atoms with Crippen molar-refractivity contribution in [2.45, 2.75) is 24.9 Å². The molecule has 1 aromatic heterocycles. The van der Waals surface area contributed by atoms with Crippen LogP contribution in [-0.4, -0.2) is 55.8 Å². The Kier molecular flexibility index (Phi) is 3.72. The molecule has 6 nitrogen and oxygen atoms in total. The van der Waals surface area contributed by atoms with E-state index in [1.807, 2.05) is 6.07 Å². The zero-order valence-corrected chi connectivity index (χ0v) is 14.9. The third-order valence-electron chi connectivity index (χ3n) is 5.32. The summed E-state index contributed by atoms with van der Waals surface area (Å²) in [5.41, 5.74) is 3.23. The molecule has 0 saturated carbocycles. The number of hydrogen-bond donors (Lipinski definition) is 1. The molecule has 2 aliphatic rings. The number of para-hydroxylation sites is 1. The maximum atomic E-state index is 12.3. The summed E-state index contributed by atoms with van der Waals surface area (Å²) in [6.07, 6.45) is 2.26. The van der Waals surface area contributed by atoms with Crippen molar-refractivity contribution in [3.63, 3.8) is 0 Å². The van der Waals surface area contributed by atoms with Crippen LogP contribution in [0.15, 0.2) is 24.3 Å². The first-order valence-corrected chi connectivity index (χ1v) is 9.75. The molecule has 0 amide bonds. The maximum Gasteiger partial charge on any atom is 0.281 e. The summed E-state index contributed by atoms with van der Waals surface area (Å²) in [6, 6.07) is 8.33. The minimum atomic E-state index is -3.36. The number of rotatable bonds is 2. The SMILES string of the molecule is CN(C)S(=O)(=O)N1CCC2(CC1)OCCc1c2[nH]c2ccccc12. The number of ether oxygens (including phenoxy) is 1. The number of aromatic amines is 1. The lowest BCUT2D eigenvalue weighted by atomic mass is 9.84. The van der Waals surface area contributed by atoms with Crippen LogP contribution in [0.2, 0.25) is 0 Å². The van der Waals surface area contributed by atoms with Crippen LogP contribution in [0.5, 0.6) is 0 Å². The summed E-state index contributed by atoms with van der Waals surface area (Å²) < 4.78 is 33.7. The standard InChI is InChI=1S/C17H23N3O3S/c1-19(2)24(21,22)20-10-8-17(9-11-20)16-14(7-12-23-17)13-5-3-4-6-15(13)18-16/h3-6,18H,7-12H2,1-2H3. The molecule has 1 N–H and O–H groups in total. The predicted octanol–water partition coefficient (Wildman–Crippen LogP) is 1.84. The van der Waals surface area contributed by atoms with E-state index in [1.54, 1.807) is 18.4 Å². The van der Waals surface area contributed by atoms with Crippen LogP contribution in [-0.2, 0) is 27.0 Å². The van der Waals surface area contributed by atoms with Crippen LogP contribution in [0.3, 0.4) is 0 Å². The quantitative estimate of drug-likeness (QED) is 0.900. The van der Waals surface area contributed by atoms with Gasteiger partial charge in [0.25, 0.3) is 10.2 Å². The summed E-state index contributed by atoms with van der Waals surface area (Å²) in [6.45, 7) is 1.65. The Labute approximate surface area is 142 Å². The average molecular weight is 349 g/mol. The molecule has 0 unspecified atom stereocenters. The smallest absolute Gasteiger partial charge is 0.281 e. The van der Waals surface area contributed by atoms with Crippen molar-refractivity contribution in [1.29, 1.82) is 0 Å². The number of H-pyrrole nitrogens is 1. The molecule has 2 aliphatic heterocycles. The van der Waals surface area contributed by atoms with E-state index < -0.39 is 10.2 Å². The minimum Gasteiger partial charge on any atom is -0.368 e. The zero-order chi connectivity index (χ0) is 16.9. The molecule has 1 fully saturated rings. The van der Waals surface area contributed by atoms with Gasteiger partial charge in [-0.25, -0.2) is 0 Å². The average Bonchev–Trinajstić information content (AvgIpc) is 2.96. The normalized spacial score (nSPS) is 21.5. The number of nitrogens with zero attached hydrogens (tertiary/aromatic N) is 2. The van der Waals surface area contributed by atoms with E-state index in [0.717, 1.165) is 17.6 Å². The summed E-state index contributed by atoms with van der Waals surface area (Å²) in [5, 5.41) is 1.26. The fourth-order valence-electron chi connectivity index (χ4n) is 3.97. The van der Waals surface area contributed by atoms with E-state index in [2.05, 4.69) is 23.2 Å². The number of hydrogen-bond acceptors (Lipinski definition) is 3. The molecule has 0 atom stereocenters. The molecule has 130 valence electrons. The molecule has 0 bridgehead atoms. The van der Waals surface area contributed by atoms with Crippen molar-refractivity contribution in [3.05, 3.63) is 35.5 Å². The second-order valence-electron chi connectivity index (χ2n) is 6.81. The number of piperidine rings is 1. The number of aromatic nitrogens is 1. The van der Waals surface area contributed by atoms with E-state index >= 15 is 0 Å². The monoisotopic (exact) mass is 349 g/mol. The van der Waals surface area contributed by atoms with Crippen molar-refractivity contribution < 1.29 is 13.2 Å². The first-order chi connectivity index (χ1) is 11.4. The molecule has 1 aromatic carbocycles. The number of benzene rings is 1. The highest BCUT2D eigenvalue weighted by Crippen LogP contribution is 2.43. The van der Waals surface area contributed by atoms with Gasteiger partial charge >= 0.3 is 0 Å². The lowest BCUT2D eigenvalue weighted by Gasteiger charge is -2.43. The van der Waals surface area contributed by atoms with Crippen LogP contribution < -0.4 is 0 Å². The van der Waals surface area contributed by atoms with Gasteiger partial charge in [0, 0.05) is 38.1 Å². The summed E-state index contributed by atoms with van der Waals surface area (Å²) in [5.74, 6) is 0. The summed E-state index contributed by atoms with van der Waals surface area (Å²) in [7, 11) is -0.204. The van der Waals surface area contributed by atoms with Crippen molar-refractivity contribution >= 4 is 21.1 Å². The molecular formula is C17H23N3O3S. The van der Waals surface area contributed by atoms with E-state index in [9.17, 15) is 8.42 Å². The maximum absolute atomic E-state index is 12.3.